The van der Waals surface area contributed by atoms with Crippen LogP contribution in [0.5, 0.6) is 0 Å². The van der Waals surface area contributed by atoms with Crippen LogP contribution in [0, 0.1) is 5.92 Å². The smallest absolute Gasteiger partial charge is 0.137 e. The average Bonchev–Trinajstić information content (AvgIpc) is 2.20. The summed E-state index contributed by atoms with van der Waals surface area (Å²) in [6, 6.07) is 0. The van der Waals surface area contributed by atoms with E-state index >= 15 is 0 Å². The van der Waals surface area contributed by atoms with Gasteiger partial charge in [-0.25, -0.2) is 0 Å². The van der Waals surface area contributed by atoms with Crippen LogP contribution in [0.25, 0.3) is 0 Å². The maximum Gasteiger partial charge on any atom is 0.137 e. The SMILES string of the molecule is CC1(C)CN(CC2CCCCC2=O)CCS1. The van der Waals surface area contributed by atoms with Crippen molar-refractivity contribution < 1.29 is 4.79 Å². The fourth-order valence-electron chi connectivity index (χ4n) is 2.83. The molecule has 3 heteroatoms. The second-order valence-corrected chi connectivity index (χ2v) is 7.55. The van der Waals surface area contributed by atoms with E-state index in [1.54, 1.807) is 0 Å². The Labute approximate surface area is 103 Å². The highest BCUT2D eigenvalue weighted by atomic mass is 32.2. The Balaban J connectivity index is 1.86. The van der Waals surface area contributed by atoms with Crippen molar-refractivity contribution in [3.63, 3.8) is 0 Å². The summed E-state index contributed by atoms with van der Waals surface area (Å²) < 4.78 is 0.371. The number of rotatable bonds is 2. The normalized spacial score (nSPS) is 31.6. The Morgan fingerprint density at radius 2 is 2.25 bits per heavy atom. The van der Waals surface area contributed by atoms with Crippen LogP contribution in [0.3, 0.4) is 0 Å². The van der Waals surface area contributed by atoms with Crippen LogP contribution in [-0.4, -0.2) is 40.8 Å². The molecule has 1 saturated heterocycles. The quantitative estimate of drug-likeness (QED) is 0.741. The van der Waals surface area contributed by atoms with E-state index in [9.17, 15) is 4.79 Å². The molecular formula is C13H23NOS. The van der Waals surface area contributed by atoms with Gasteiger partial charge < -0.3 is 4.90 Å². The van der Waals surface area contributed by atoms with Crippen LogP contribution in [0.1, 0.15) is 39.5 Å². The summed E-state index contributed by atoms with van der Waals surface area (Å²) >= 11 is 2.06. The molecule has 1 aliphatic heterocycles. The molecule has 0 radical (unpaired) electrons. The van der Waals surface area contributed by atoms with Gasteiger partial charge in [-0.15, -0.1) is 0 Å². The largest absolute Gasteiger partial charge is 0.300 e. The summed E-state index contributed by atoms with van der Waals surface area (Å²) in [5.74, 6) is 2.07. The van der Waals surface area contributed by atoms with Gasteiger partial charge in [0, 0.05) is 42.5 Å². The molecule has 2 nitrogen and oxygen atoms in total. The van der Waals surface area contributed by atoms with Crippen LogP contribution >= 0.6 is 11.8 Å². The minimum atomic E-state index is 0.340. The van der Waals surface area contributed by atoms with Gasteiger partial charge in [0.2, 0.25) is 0 Å². The van der Waals surface area contributed by atoms with Gasteiger partial charge in [-0.3, -0.25) is 4.79 Å². The van der Waals surface area contributed by atoms with Crippen molar-refractivity contribution in [2.75, 3.05) is 25.4 Å². The molecule has 0 N–H and O–H groups in total. The molecule has 0 aromatic rings. The summed E-state index contributed by atoms with van der Waals surface area (Å²) in [4.78, 5) is 14.3. The van der Waals surface area contributed by atoms with Crippen molar-refractivity contribution in [2.24, 2.45) is 5.92 Å². The van der Waals surface area contributed by atoms with Crippen LogP contribution in [0.4, 0.5) is 0 Å². The zero-order chi connectivity index (χ0) is 11.6. The van der Waals surface area contributed by atoms with E-state index in [0.717, 1.165) is 38.9 Å². The third-order valence-electron chi connectivity index (χ3n) is 3.66. The number of thioether (sulfide) groups is 1. The summed E-state index contributed by atoms with van der Waals surface area (Å²) in [6.07, 6.45) is 4.33. The number of hydrogen-bond donors (Lipinski definition) is 0. The zero-order valence-electron chi connectivity index (χ0n) is 10.5. The third kappa shape index (κ3) is 3.24. The fourth-order valence-corrected chi connectivity index (χ4v) is 4.01. The molecule has 0 bridgehead atoms. The molecule has 0 aromatic heterocycles. The van der Waals surface area contributed by atoms with Crippen LogP contribution < -0.4 is 0 Å². The fraction of sp³-hybridized carbons (Fsp3) is 0.923. The Bertz CT molecular complexity index is 265. The van der Waals surface area contributed by atoms with E-state index in [1.165, 1.54) is 12.2 Å². The summed E-state index contributed by atoms with van der Waals surface area (Å²) in [7, 11) is 0. The number of hydrogen-bond acceptors (Lipinski definition) is 3. The molecule has 16 heavy (non-hydrogen) atoms. The number of carbonyl (C=O) groups is 1. The number of Topliss-reactive ketones (excluding diaryl/α,β-unsaturated/α-hetero) is 1. The molecule has 0 aromatic carbocycles. The van der Waals surface area contributed by atoms with Gasteiger partial charge in [-0.1, -0.05) is 6.42 Å². The summed E-state index contributed by atoms with van der Waals surface area (Å²) in [6.45, 7) is 7.95. The van der Waals surface area contributed by atoms with Crippen molar-refractivity contribution >= 4 is 17.5 Å². The summed E-state index contributed by atoms with van der Waals surface area (Å²) in [5, 5.41) is 0. The lowest BCUT2D eigenvalue weighted by Crippen LogP contribution is -2.46. The van der Waals surface area contributed by atoms with Gasteiger partial charge in [0.15, 0.2) is 0 Å². The first-order valence-corrected chi connectivity index (χ1v) is 7.44. The monoisotopic (exact) mass is 241 g/mol. The van der Waals surface area contributed by atoms with Gasteiger partial charge >= 0.3 is 0 Å². The highest BCUT2D eigenvalue weighted by Gasteiger charge is 2.30. The molecule has 92 valence electrons. The van der Waals surface area contributed by atoms with Crippen LogP contribution in [0.15, 0.2) is 0 Å². The van der Waals surface area contributed by atoms with Gasteiger partial charge in [0.05, 0.1) is 0 Å². The van der Waals surface area contributed by atoms with Crippen molar-refractivity contribution in [2.45, 2.75) is 44.3 Å². The van der Waals surface area contributed by atoms with Gasteiger partial charge in [0.25, 0.3) is 0 Å². The van der Waals surface area contributed by atoms with Gasteiger partial charge in [-0.2, -0.15) is 11.8 Å². The van der Waals surface area contributed by atoms with Crippen molar-refractivity contribution in [1.29, 1.82) is 0 Å². The molecule has 0 amide bonds. The van der Waals surface area contributed by atoms with Crippen LogP contribution in [-0.2, 0) is 4.79 Å². The molecule has 1 saturated carbocycles. The van der Waals surface area contributed by atoms with E-state index in [1.807, 2.05) is 0 Å². The summed E-state index contributed by atoms with van der Waals surface area (Å²) in [5.41, 5.74) is 0. The van der Waals surface area contributed by atoms with E-state index in [-0.39, 0.29) is 0 Å². The maximum atomic E-state index is 11.8. The van der Waals surface area contributed by atoms with E-state index in [4.69, 9.17) is 0 Å². The lowest BCUT2D eigenvalue weighted by Gasteiger charge is -2.39. The minimum absolute atomic E-state index is 0.340. The molecule has 2 aliphatic rings. The predicted molar refractivity (Wildman–Crippen MR) is 69.9 cm³/mol. The van der Waals surface area contributed by atoms with Crippen molar-refractivity contribution in [3.05, 3.63) is 0 Å². The van der Waals surface area contributed by atoms with E-state index < -0.39 is 0 Å². The molecule has 2 fully saturated rings. The molecule has 0 spiro atoms. The molecule has 2 rings (SSSR count). The topological polar surface area (TPSA) is 20.3 Å². The standard InChI is InChI=1S/C13H23NOS/c1-13(2)10-14(7-8-16-13)9-11-5-3-4-6-12(11)15/h11H,3-10H2,1-2H3. The molecule has 1 unspecified atom stereocenters. The predicted octanol–water partition coefficient (Wildman–Crippen LogP) is 2.57. The Morgan fingerprint density at radius 1 is 1.44 bits per heavy atom. The van der Waals surface area contributed by atoms with Gasteiger partial charge in [0.1, 0.15) is 5.78 Å². The van der Waals surface area contributed by atoms with Gasteiger partial charge in [-0.05, 0) is 26.7 Å². The lowest BCUT2D eigenvalue weighted by molar-refractivity contribution is -0.125. The van der Waals surface area contributed by atoms with Crippen molar-refractivity contribution in [3.8, 4) is 0 Å². The lowest BCUT2D eigenvalue weighted by atomic mass is 9.87. The first-order valence-electron chi connectivity index (χ1n) is 6.46. The number of nitrogens with zero attached hydrogens (tertiary/aromatic N) is 1. The maximum absolute atomic E-state index is 11.8. The molecular weight excluding hydrogens is 218 g/mol. The highest BCUT2D eigenvalue weighted by Crippen LogP contribution is 2.31. The zero-order valence-corrected chi connectivity index (χ0v) is 11.3. The Kier molecular flexibility index (Phi) is 3.96. The molecule has 1 atom stereocenters. The highest BCUT2D eigenvalue weighted by molar-refractivity contribution is 8.00. The first-order chi connectivity index (χ1) is 7.57. The molecule has 1 heterocycles. The first kappa shape index (κ1) is 12.4. The number of ketones is 1. The van der Waals surface area contributed by atoms with Crippen LogP contribution in [0.2, 0.25) is 0 Å². The molecule has 1 aliphatic carbocycles. The minimum Gasteiger partial charge on any atom is -0.300 e. The Morgan fingerprint density at radius 3 is 2.94 bits per heavy atom. The van der Waals surface area contributed by atoms with E-state index in [0.29, 0.717) is 16.4 Å². The van der Waals surface area contributed by atoms with Crippen molar-refractivity contribution in [1.82, 2.24) is 4.90 Å². The Hall–Kier alpha value is -0.0200. The third-order valence-corrected chi connectivity index (χ3v) is 4.96. The number of carbonyl (C=O) groups excluding carboxylic acids is 1. The second-order valence-electron chi connectivity index (χ2n) is 5.75. The second kappa shape index (κ2) is 5.09. The average molecular weight is 241 g/mol. The van der Waals surface area contributed by atoms with E-state index in [2.05, 4.69) is 30.5 Å².